The highest BCUT2D eigenvalue weighted by Gasteiger charge is 2.51. The van der Waals surface area contributed by atoms with E-state index in [0.29, 0.717) is 10.8 Å². The minimum absolute atomic E-state index is 0.434. The SMILES string of the molecule is COCC1(C(C)(C)C)CC1. The van der Waals surface area contributed by atoms with Crippen molar-refractivity contribution in [3.63, 3.8) is 0 Å². The Hall–Kier alpha value is -0.0400. The summed E-state index contributed by atoms with van der Waals surface area (Å²) in [5.41, 5.74) is 0.949. The molecule has 1 aliphatic carbocycles. The Morgan fingerprint density at radius 2 is 1.80 bits per heavy atom. The van der Waals surface area contributed by atoms with Gasteiger partial charge in [0.2, 0.25) is 0 Å². The first-order chi connectivity index (χ1) is 4.52. The Bertz CT molecular complexity index is 117. The van der Waals surface area contributed by atoms with Crippen LogP contribution in [0.3, 0.4) is 0 Å². The highest BCUT2D eigenvalue weighted by molar-refractivity contribution is 5.01. The van der Waals surface area contributed by atoms with Gasteiger partial charge in [-0.1, -0.05) is 20.8 Å². The van der Waals surface area contributed by atoms with Crippen LogP contribution in [0.5, 0.6) is 0 Å². The zero-order valence-corrected chi connectivity index (χ0v) is 7.53. The molecule has 0 spiro atoms. The predicted molar refractivity (Wildman–Crippen MR) is 43.0 cm³/mol. The molecule has 0 radical (unpaired) electrons. The zero-order valence-electron chi connectivity index (χ0n) is 7.53. The highest BCUT2D eigenvalue weighted by Crippen LogP contribution is 2.58. The summed E-state index contributed by atoms with van der Waals surface area (Å²) >= 11 is 0. The molecular formula is C9H18O. The molecule has 0 aromatic carbocycles. The van der Waals surface area contributed by atoms with Crippen LogP contribution >= 0.6 is 0 Å². The van der Waals surface area contributed by atoms with Gasteiger partial charge in [-0.25, -0.2) is 0 Å². The molecule has 1 saturated carbocycles. The molecule has 0 heterocycles. The van der Waals surface area contributed by atoms with Crippen molar-refractivity contribution in [2.24, 2.45) is 10.8 Å². The van der Waals surface area contributed by atoms with Crippen LogP contribution in [0.25, 0.3) is 0 Å². The van der Waals surface area contributed by atoms with E-state index in [-0.39, 0.29) is 0 Å². The lowest BCUT2D eigenvalue weighted by molar-refractivity contribution is 0.0724. The third kappa shape index (κ3) is 1.20. The van der Waals surface area contributed by atoms with Gasteiger partial charge in [-0.3, -0.25) is 0 Å². The number of hydrogen-bond acceptors (Lipinski definition) is 1. The second-order valence-corrected chi connectivity index (χ2v) is 4.46. The van der Waals surface area contributed by atoms with E-state index in [9.17, 15) is 0 Å². The van der Waals surface area contributed by atoms with Crippen molar-refractivity contribution in [3.8, 4) is 0 Å². The van der Waals surface area contributed by atoms with Gasteiger partial charge in [-0.15, -0.1) is 0 Å². The van der Waals surface area contributed by atoms with Crippen molar-refractivity contribution in [1.82, 2.24) is 0 Å². The number of ether oxygens (including phenoxy) is 1. The minimum Gasteiger partial charge on any atom is -0.384 e. The van der Waals surface area contributed by atoms with Crippen LogP contribution in [-0.2, 0) is 4.74 Å². The second kappa shape index (κ2) is 2.23. The van der Waals surface area contributed by atoms with Crippen molar-refractivity contribution in [3.05, 3.63) is 0 Å². The molecule has 60 valence electrons. The first-order valence-electron chi connectivity index (χ1n) is 4.01. The zero-order chi connectivity index (χ0) is 7.83. The molecule has 10 heavy (non-hydrogen) atoms. The summed E-state index contributed by atoms with van der Waals surface area (Å²) in [6.45, 7) is 7.85. The van der Waals surface area contributed by atoms with E-state index in [4.69, 9.17) is 4.74 Å². The molecule has 0 amide bonds. The van der Waals surface area contributed by atoms with Gasteiger partial charge >= 0.3 is 0 Å². The van der Waals surface area contributed by atoms with E-state index in [1.165, 1.54) is 12.8 Å². The number of rotatable bonds is 2. The summed E-state index contributed by atoms with van der Waals surface area (Å²) in [6.07, 6.45) is 2.70. The van der Waals surface area contributed by atoms with E-state index in [1.54, 1.807) is 7.11 Å². The van der Waals surface area contributed by atoms with E-state index in [1.807, 2.05) is 0 Å². The van der Waals surface area contributed by atoms with Gasteiger partial charge < -0.3 is 4.74 Å². The molecule has 0 unspecified atom stereocenters. The monoisotopic (exact) mass is 142 g/mol. The fraction of sp³-hybridized carbons (Fsp3) is 1.00. The maximum absolute atomic E-state index is 5.20. The lowest BCUT2D eigenvalue weighted by Gasteiger charge is -2.29. The van der Waals surface area contributed by atoms with Gasteiger partial charge in [0.15, 0.2) is 0 Å². The van der Waals surface area contributed by atoms with Crippen molar-refractivity contribution in [2.45, 2.75) is 33.6 Å². The van der Waals surface area contributed by atoms with Crippen LogP contribution in [0.15, 0.2) is 0 Å². The summed E-state index contributed by atoms with van der Waals surface area (Å²) in [6, 6.07) is 0. The van der Waals surface area contributed by atoms with E-state index in [2.05, 4.69) is 20.8 Å². The number of methoxy groups -OCH3 is 1. The van der Waals surface area contributed by atoms with Gasteiger partial charge in [0.1, 0.15) is 0 Å². The average Bonchev–Trinajstić information content (AvgIpc) is 2.45. The highest BCUT2D eigenvalue weighted by atomic mass is 16.5. The molecule has 1 aliphatic rings. The van der Waals surface area contributed by atoms with E-state index >= 15 is 0 Å². The second-order valence-electron chi connectivity index (χ2n) is 4.46. The van der Waals surface area contributed by atoms with Crippen LogP contribution in [0, 0.1) is 10.8 Å². The van der Waals surface area contributed by atoms with Crippen molar-refractivity contribution in [1.29, 1.82) is 0 Å². The molecule has 1 fully saturated rings. The Morgan fingerprint density at radius 3 is 1.90 bits per heavy atom. The Morgan fingerprint density at radius 1 is 1.30 bits per heavy atom. The maximum atomic E-state index is 5.20. The largest absolute Gasteiger partial charge is 0.384 e. The molecular weight excluding hydrogens is 124 g/mol. The van der Waals surface area contributed by atoms with Gasteiger partial charge in [0.05, 0.1) is 6.61 Å². The van der Waals surface area contributed by atoms with Crippen LogP contribution in [0.4, 0.5) is 0 Å². The minimum atomic E-state index is 0.434. The number of hydrogen-bond donors (Lipinski definition) is 0. The van der Waals surface area contributed by atoms with Crippen LogP contribution in [0.1, 0.15) is 33.6 Å². The summed E-state index contributed by atoms with van der Waals surface area (Å²) in [7, 11) is 1.80. The van der Waals surface area contributed by atoms with Gasteiger partial charge in [0, 0.05) is 7.11 Å². The predicted octanol–water partition coefficient (Wildman–Crippen LogP) is 2.46. The normalized spacial score (nSPS) is 22.8. The lowest BCUT2D eigenvalue weighted by Crippen LogP contribution is -2.26. The topological polar surface area (TPSA) is 9.23 Å². The van der Waals surface area contributed by atoms with Gasteiger partial charge in [-0.2, -0.15) is 0 Å². The molecule has 0 N–H and O–H groups in total. The fourth-order valence-corrected chi connectivity index (χ4v) is 1.54. The summed E-state index contributed by atoms with van der Waals surface area (Å²) in [5, 5.41) is 0. The third-order valence-corrected chi connectivity index (χ3v) is 2.87. The van der Waals surface area contributed by atoms with Crippen LogP contribution in [0.2, 0.25) is 0 Å². The standard InChI is InChI=1S/C9H18O/c1-8(2,3)9(5-6-9)7-10-4/h5-7H2,1-4H3. The van der Waals surface area contributed by atoms with Crippen molar-refractivity contribution >= 4 is 0 Å². The smallest absolute Gasteiger partial charge is 0.0523 e. The Labute approximate surface area is 63.8 Å². The van der Waals surface area contributed by atoms with E-state index < -0.39 is 0 Å². The molecule has 0 aromatic rings. The van der Waals surface area contributed by atoms with Gasteiger partial charge in [0.25, 0.3) is 0 Å². The molecule has 0 saturated heterocycles. The molecule has 1 nitrogen and oxygen atoms in total. The first-order valence-corrected chi connectivity index (χ1v) is 4.01. The fourth-order valence-electron chi connectivity index (χ4n) is 1.54. The van der Waals surface area contributed by atoms with E-state index in [0.717, 1.165) is 6.61 Å². The average molecular weight is 142 g/mol. The van der Waals surface area contributed by atoms with Gasteiger partial charge in [-0.05, 0) is 23.7 Å². The quantitative estimate of drug-likeness (QED) is 0.575. The molecule has 1 rings (SSSR count). The maximum Gasteiger partial charge on any atom is 0.0523 e. The molecule has 0 bridgehead atoms. The molecule has 1 heteroatoms. The van der Waals surface area contributed by atoms with Crippen LogP contribution in [-0.4, -0.2) is 13.7 Å². The molecule has 0 atom stereocenters. The van der Waals surface area contributed by atoms with Crippen molar-refractivity contribution in [2.75, 3.05) is 13.7 Å². The molecule has 0 aliphatic heterocycles. The Kier molecular flexibility index (Phi) is 1.80. The van der Waals surface area contributed by atoms with Crippen LogP contribution < -0.4 is 0 Å². The molecule has 0 aromatic heterocycles. The Balaban J connectivity index is 2.52. The lowest BCUT2D eigenvalue weighted by atomic mass is 9.78. The third-order valence-electron chi connectivity index (χ3n) is 2.87. The summed E-state index contributed by atoms with van der Waals surface area (Å²) < 4.78 is 5.20. The van der Waals surface area contributed by atoms with Crippen molar-refractivity contribution < 1.29 is 4.74 Å². The summed E-state index contributed by atoms with van der Waals surface area (Å²) in [5.74, 6) is 0. The summed E-state index contributed by atoms with van der Waals surface area (Å²) in [4.78, 5) is 0. The first kappa shape index (κ1) is 8.06.